The minimum absolute atomic E-state index is 0.697. The third kappa shape index (κ3) is 5.61. The van der Waals surface area contributed by atoms with Gasteiger partial charge in [-0.2, -0.15) is 9.78 Å². The lowest BCUT2D eigenvalue weighted by Gasteiger charge is -2.08. The highest BCUT2D eigenvalue weighted by Crippen LogP contribution is 2.25. The van der Waals surface area contributed by atoms with Crippen LogP contribution in [0.4, 0.5) is 0 Å². The van der Waals surface area contributed by atoms with Crippen LogP contribution in [0, 0.1) is 0 Å². The highest BCUT2D eigenvalue weighted by Gasteiger charge is 2.12. The Kier molecular flexibility index (Phi) is 7.71. The first-order valence-electron chi connectivity index (χ1n) is 9.22. The number of benzene rings is 2. The molecular weight excluding hydrogens is 452 g/mol. The van der Waals surface area contributed by atoms with Gasteiger partial charge in [0.25, 0.3) is 0 Å². The van der Waals surface area contributed by atoms with Gasteiger partial charge in [-0.05, 0) is 36.2 Å². The molecule has 3 rings (SSSR count). The van der Waals surface area contributed by atoms with Crippen molar-refractivity contribution in [3.05, 3.63) is 63.9 Å². The third-order valence-electron chi connectivity index (χ3n) is 4.18. The fraction of sp³-hybridized carbons (Fsp3) is 0.286. The third-order valence-corrected chi connectivity index (χ3v) is 5.70. The molecule has 0 fully saturated rings. The number of hydrogen-bond acceptors (Lipinski definition) is 6. The quantitative estimate of drug-likeness (QED) is 0.315. The van der Waals surface area contributed by atoms with Gasteiger partial charge in [0.05, 0.1) is 20.4 Å². The number of aromatic nitrogens is 3. The van der Waals surface area contributed by atoms with Gasteiger partial charge in [0.15, 0.2) is 5.82 Å². The fourth-order valence-corrected chi connectivity index (χ4v) is 3.78. The molecule has 1 aromatic heterocycles. The molecule has 0 saturated heterocycles. The number of ether oxygens (including phenoxy) is 2. The van der Waals surface area contributed by atoms with E-state index in [9.17, 15) is 0 Å². The van der Waals surface area contributed by atoms with Gasteiger partial charge in [-0.25, -0.2) is 0 Å². The van der Waals surface area contributed by atoms with E-state index in [-0.39, 0.29) is 0 Å². The molecule has 0 unspecified atom stereocenters. The van der Waals surface area contributed by atoms with Gasteiger partial charge in [0.2, 0.25) is 5.16 Å². The van der Waals surface area contributed by atoms with E-state index in [1.165, 1.54) is 5.56 Å². The predicted octanol–water partition coefficient (Wildman–Crippen LogP) is 5.18. The minimum atomic E-state index is 0.697. The molecule has 0 aliphatic carbocycles. The van der Waals surface area contributed by atoms with Gasteiger partial charge in [0.1, 0.15) is 11.5 Å². The first-order chi connectivity index (χ1) is 14.1. The summed E-state index contributed by atoms with van der Waals surface area (Å²) < 4.78 is 13.6. The van der Waals surface area contributed by atoms with Gasteiger partial charge in [-0.15, -0.1) is 10.2 Å². The smallest absolute Gasteiger partial charge is 0.212 e. The summed E-state index contributed by atoms with van der Waals surface area (Å²) in [4.78, 5) is 0. The van der Waals surface area contributed by atoms with Gasteiger partial charge in [-0.3, -0.25) is 0 Å². The van der Waals surface area contributed by atoms with Crippen LogP contribution in [-0.4, -0.2) is 35.3 Å². The monoisotopic (exact) mass is 474 g/mol. The maximum Gasteiger partial charge on any atom is 0.212 e. The summed E-state index contributed by atoms with van der Waals surface area (Å²) in [5.41, 5.74) is 2.07. The Morgan fingerprint density at radius 2 is 1.90 bits per heavy atom. The van der Waals surface area contributed by atoms with E-state index in [2.05, 4.69) is 50.3 Å². The van der Waals surface area contributed by atoms with Crippen LogP contribution in [-0.2, 0) is 12.2 Å². The van der Waals surface area contributed by atoms with Crippen molar-refractivity contribution in [2.45, 2.75) is 30.7 Å². The molecule has 6 nitrogen and oxygen atoms in total. The van der Waals surface area contributed by atoms with Crippen LogP contribution in [0.25, 0.3) is 0 Å². The maximum absolute atomic E-state index is 5.46. The Labute approximate surface area is 183 Å². The van der Waals surface area contributed by atoms with Crippen LogP contribution < -0.4 is 9.47 Å². The van der Waals surface area contributed by atoms with Crippen molar-refractivity contribution in [3.8, 4) is 11.5 Å². The summed E-state index contributed by atoms with van der Waals surface area (Å²) >= 11 is 5.08. The Morgan fingerprint density at radius 1 is 1.10 bits per heavy atom. The van der Waals surface area contributed by atoms with Crippen LogP contribution in [0.5, 0.6) is 11.5 Å². The average Bonchev–Trinajstić information content (AvgIpc) is 3.13. The highest BCUT2D eigenvalue weighted by molar-refractivity contribution is 9.10. The van der Waals surface area contributed by atoms with Gasteiger partial charge >= 0.3 is 0 Å². The van der Waals surface area contributed by atoms with E-state index in [1.54, 1.807) is 32.2 Å². The highest BCUT2D eigenvalue weighted by atomic mass is 79.9. The fourth-order valence-electron chi connectivity index (χ4n) is 2.65. The number of methoxy groups -OCH3 is 2. The average molecular weight is 475 g/mol. The van der Waals surface area contributed by atoms with E-state index >= 15 is 0 Å². The zero-order valence-electron chi connectivity index (χ0n) is 16.6. The molecule has 0 atom stereocenters. The van der Waals surface area contributed by atoms with Crippen LogP contribution in [0.3, 0.4) is 0 Å². The molecule has 152 valence electrons. The molecule has 0 aliphatic rings. The lowest BCUT2D eigenvalue weighted by Crippen LogP contribution is -2.01. The molecule has 0 aliphatic heterocycles. The molecule has 0 N–H and O–H groups in total. The summed E-state index contributed by atoms with van der Waals surface area (Å²) in [5, 5.41) is 14.1. The largest absolute Gasteiger partial charge is 0.497 e. The molecule has 0 spiro atoms. The number of nitrogens with zero attached hydrogens (tertiary/aromatic N) is 4. The lowest BCUT2D eigenvalue weighted by atomic mass is 10.2. The Hall–Kier alpha value is -2.32. The molecule has 0 radical (unpaired) electrons. The zero-order chi connectivity index (χ0) is 20.6. The van der Waals surface area contributed by atoms with Crippen LogP contribution >= 0.6 is 27.7 Å². The summed E-state index contributed by atoms with van der Waals surface area (Å²) in [6.45, 7) is 2.11. The molecule has 0 bridgehead atoms. The van der Waals surface area contributed by atoms with E-state index in [4.69, 9.17) is 9.47 Å². The number of rotatable bonds is 9. The molecule has 29 heavy (non-hydrogen) atoms. The Balaban J connectivity index is 1.84. The summed E-state index contributed by atoms with van der Waals surface area (Å²) in [5.74, 6) is 3.07. The first kappa shape index (κ1) is 21.4. The van der Waals surface area contributed by atoms with E-state index < -0.39 is 0 Å². The van der Waals surface area contributed by atoms with Crippen molar-refractivity contribution in [1.29, 1.82) is 0 Å². The summed E-state index contributed by atoms with van der Waals surface area (Å²) in [7, 11) is 3.26. The number of aryl methyl sites for hydroxylation is 1. The standard InChI is InChI=1S/C21H23BrN4O2S/c1-4-5-20-24-25-21(29-14-15-6-9-17(22)10-7-15)26(20)23-13-16-8-11-18(27-2)12-19(16)28-3/h6-13H,4-5,14H2,1-3H3/b23-13+. The van der Waals surface area contributed by atoms with Crippen molar-refractivity contribution in [2.24, 2.45) is 5.10 Å². The second kappa shape index (κ2) is 10.5. The van der Waals surface area contributed by atoms with Crippen LogP contribution in [0.15, 0.2) is 57.2 Å². The van der Waals surface area contributed by atoms with Crippen molar-refractivity contribution in [3.63, 3.8) is 0 Å². The van der Waals surface area contributed by atoms with E-state index in [1.807, 2.05) is 35.0 Å². The summed E-state index contributed by atoms with van der Waals surface area (Å²) in [6, 6.07) is 13.9. The minimum Gasteiger partial charge on any atom is -0.497 e. The van der Waals surface area contributed by atoms with Crippen LogP contribution in [0.2, 0.25) is 0 Å². The van der Waals surface area contributed by atoms with E-state index in [0.717, 1.165) is 45.4 Å². The van der Waals surface area contributed by atoms with Crippen LogP contribution in [0.1, 0.15) is 30.3 Å². The Bertz CT molecular complexity index is 973. The van der Waals surface area contributed by atoms with Gasteiger partial charge in [-0.1, -0.05) is 46.7 Å². The second-order valence-corrected chi connectivity index (χ2v) is 8.09. The predicted molar refractivity (Wildman–Crippen MR) is 120 cm³/mol. The maximum atomic E-state index is 5.46. The molecule has 1 heterocycles. The first-order valence-corrected chi connectivity index (χ1v) is 11.0. The molecule has 8 heteroatoms. The second-order valence-electron chi connectivity index (χ2n) is 6.23. The van der Waals surface area contributed by atoms with Crippen molar-refractivity contribution < 1.29 is 9.47 Å². The molecule has 3 aromatic rings. The molecular formula is C21H23BrN4O2S. The topological polar surface area (TPSA) is 61.5 Å². The number of thioether (sulfide) groups is 1. The Morgan fingerprint density at radius 3 is 2.59 bits per heavy atom. The number of halogens is 1. The van der Waals surface area contributed by atoms with Gasteiger partial charge < -0.3 is 9.47 Å². The van der Waals surface area contributed by atoms with E-state index in [0.29, 0.717) is 5.75 Å². The molecule has 0 saturated carbocycles. The SMILES string of the molecule is CCCc1nnc(SCc2ccc(Br)cc2)n1/N=C/c1ccc(OC)cc1OC. The number of hydrogen-bond donors (Lipinski definition) is 0. The van der Waals surface area contributed by atoms with Crippen molar-refractivity contribution in [1.82, 2.24) is 14.9 Å². The van der Waals surface area contributed by atoms with Crippen molar-refractivity contribution >= 4 is 33.9 Å². The van der Waals surface area contributed by atoms with Crippen molar-refractivity contribution in [2.75, 3.05) is 14.2 Å². The molecule has 0 amide bonds. The van der Waals surface area contributed by atoms with Gasteiger partial charge in [0, 0.05) is 28.3 Å². The lowest BCUT2D eigenvalue weighted by molar-refractivity contribution is 0.394. The zero-order valence-corrected chi connectivity index (χ0v) is 19.0. The normalized spacial score (nSPS) is 11.2. The summed E-state index contributed by atoms with van der Waals surface area (Å²) in [6.07, 6.45) is 3.55. The molecule has 2 aromatic carbocycles.